The van der Waals surface area contributed by atoms with Crippen molar-refractivity contribution in [3.05, 3.63) is 29.3 Å². The SMILES string of the molecule is O=C(OC(C(F)(F)F)C(F)(F)F)N1CCC2(CCCN2Cc2ccc(N3CCOCC3)c(C(F)(F)F)c2)CC1. The van der Waals surface area contributed by atoms with Crippen LogP contribution in [0.1, 0.15) is 36.8 Å². The molecule has 1 aromatic carbocycles. The average molecular weight is 577 g/mol. The molecule has 1 aromatic rings. The third-order valence-corrected chi connectivity index (χ3v) is 7.60. The van der Waals surface area contributed by atoms with Crippen LogP contribution in [0.5, 0.6) is 0 Å². The minimum atomic E-state index is -5.81. The first-order valence-electron chi connectivity index (χ1n) is 12.5. The van der Waals surface area contributed by atoms with Gasteiger partial charge in [-0.3, -0.25) is 4.90 Å². The Bertz CT molecular complexity index is 1000. The van der Waals surface area contributed by atoms with Gasteiger partial charge in [0.1, 0.15) is 0 Å². The predicted molar refractivity (Wildman–Crippen MR) is 120 cm³/mol. The Kier molecular flexibility index (Phi) is 8.23. The number of benzene rings is 1. The Hall–Kier alpha value is -2.42. The Morgan fingerprint density at radius 2 is 1.51 bits per heavy atom. The molecule has 6 nitrogen and oxygen atoms in total. The van der Waals surface area contributed by atoms with Crippen LogP contribution in [-0.2, 0) is 22.2 Å². The van der Waals surface area contributed by atoms with Crippen LogP contribution in [-0.4, -0.2) is 85.8 Å². The average Bonchev–Trinajstić information content (AvgIpc) is 3.22. The fourth-order valence-corrected chi connectivity index (χ4v) is 5.62. The topological polar surface area (TPSA) is 45.2 Å². The van der Waals surface area contributed by atoms with Crippen molar-refractivity contribution in [3.63, 3.8) is 0 Å². The fraction of sp³-hybridized carbons (Fsp3) is 0.708. The minimum absolute atomic E-state index is 0.0773. The number of likely N-dealkylation sites (tertiary alicyclic amines) is 2. The van der Waals surface area contributed by atoms with Gasteiger partial charge in [-0.2, -0.15) is 39.5 Å². The molecular formula is C24H28F9N3O3. The summed E-state index contributed by atoms with van der Waals surface area (Å²) in [5.74, 6) is 0. The summed E-state index contributed by atoms with van der Waals surface area (Å²) in [4.78, 5) is 16.6. The van der Waals surface area contributed by atoms with Crippen molar-refractivity contribution in [1.82, 2.24) is 9.80 Å². The fourth-order valence-electron chi connectivity index (χ4n) is 5.62. The summed E-state index contributed by atoms with van der Waals surface area (Å²) in [6, 6.07) is 4.20. The molecule has 220 valence electrons. The Morgan fingerprint density at radius 1 is 0.897 bits per heavy atom. The molecule has 3 aliphatic rings. The van der Waals surface area contributed by atoms with Crippen LogP contribution in [0.2, 0.25) is 0 Å². The number of amides is 1. The molecule has 0 aliphatic carbocycles. The number of anilines is 1. The molecule has 4 rings (SSSR count). The van der Waals surface area contributed by atoms with E-state index in [-0.39, 0.29) is 38.2 Å². The summed E-state index contributed by atoms with van der Waals surface area (Å²) >= 11 is 0. The maximum Gasteiger partial charge on any atom is 0.434 e. The molecule has 0 N–H and O–H groups in total. The van der Waals surface area contributed by atoms with Gasteiger partial charge < -0.3 is 19.3 Å². The van der Waals surface area contributed by atoms with Crippen LogP contribution >= 0.6 is 0 Å². The third-order valence-electron chi connectivity index (χ3n) is 7.60. The van der Waals surface area contributed by atoms with E-state index in [9.17, 15) is 44.3 Å². The van der Waals surface area contributed by atoms with Gasteiger partial charge in [0.15, 0.2) is 0 Å². The van der Waals surface area contributed by atoms with Crippen molar-refractivity contribution in [3.8, 4) is 0 Å². The number of carbonyl (C=O) groups excluding carboxylic acids is 1. The summed E-state index contributed by atoms with van der Waals surface area (Å²) in [5.41, 5.74) is -0.781. The first-order valence-corrected chi connectivity index (χ1v) is 12.5. The van der Waals surface area contributed by atoms with Crippen molar-refractivity contribution >= 4 is 11.8 Å². The molecule has 0 radical (unpaired) electrons. The Morgan fingerprint density at radius 3 is 2.08 bits per heavy atom. The van der Waals surface area contributed by atoms with E-state index in [2.05, 4.69) is 4.74 Å². The van der Waals surface area contributed by atoms with Crippen molar-refractivity contribution in [2.24, 2.45) is 0 Å². The van der Waals surface area contributed by atoms with Gasteiger partial charge in [-0.05, 0) is 49.9 Å². The lowest BCUT2D eigenvalue weighted by Crippen LogP contribution is -2.54. The van der Waals surface area contributed by atoms with Gasteiger partial charge in [0.05, 0.1) is 18.8 Å². The molecule has 3 heterocycles. The standard InChI is InChI=1S/C24H28F9N3O3/c25-22(26,27)17-14-16(2-3-18(17)34-10-12-38-13-11-34)15-36-7-1-4-21(36)5-8-35(9-6-21)20(37)39-19(23(28,29)30)24(31,32)33/h2-3,14,19H,1,4-13,15H2. The van der Waals surface area contributed by atoms with E-state index < -0.39 is 41.8 Å². The van der Waals surface area contributed by atoms with E-state index in [1.54, 1.807) is 11.0 Å². The molecule has 0 atom stereocenters. The number of halogens is 9. The van der Waals surface area contributed by atoms with Crippen molar-refractivity contribution in [2.75, 3.05) is 50.8 Å². The lowest BCUT2D eigenvalue weighted by Gasteiger charge is -2.45. The molecule has 3 saturated heterocycles. The Labute approximate surface area is 218 Å². The zero-order valence-corrected chi connectivity index (χ0v) is 20.8. The van der Waals surface area contributed by atoms with Crippen molar-refractivity contribution in [2.45, 2.75) is 62.4 Å². The van der Waals surface area contributed by atoms with E-state index in [1.165, 1.54) is 6.07 Å². The van der Waals surface area contributed by atoms with Crippen LogP contribution < -0.4 is 4.90 Å². The number of alkyl halides is 9. The van der Waals surface area contributed by atoms with Gasteiger partial charge in [-0.1, -0.05) is 6.07 Å². The first-order chi connectivity index (χ1) is 18.1. The number of nitrogens with zero attached hydrogens (tertiary/aromatic N) is 3. The van der Waals surface area contributed by atoms with E-state index in [0.29, 0.717) is 51.3 Å². The monoisotopic (exact) mass is 577 g/mol. The molecule has 0 unspecified atom stereocenters. The highest BCUT2D eigenvalue weighted by molar-refractivity contribution is 5.68. The van der Waals surface area contributed by atoms with Crippen molar-refractivity contribution in [1.29, 1.82) is 0 Å². The molecule has 0 bridgehead atoms. The van der Waals surface area contributed by atoms with Crippen molar-refractivity contribution < 1.29 is 53.8 Å². The molecule has 1 amide bonds. The first kappa shape index (κ1) is 29.6. The molecule has 1 spiro atoms. The number of ether oxygens (including phenoxy) is 2. The number of carbonyl (C=O) groups is 1. The highest BCUT2D eigenvalue weighted by Crippen LogP contribution is 2.42. The molecule has 0 aromatic heterocycles. The zero-order valence-electron chi connectivity index (χ0n) is 20.8. The number of hydrogen-bond acceptors (Lipinski definition) is 5. The predicted octanol–water partition coefficient (Wildman–Crippen LogP) is 5.60. The number of rotatable bonds is 4. The van der Waals surface area contributed by atoms with E-state index in [0.717, 1.165) is 11.0 Å². The maximum absolute atomic E-state index is 13.9. The van der Waals surface area contributed by atoms with Gasteiger partial charge in [0.25, 0.3) is 6.10 Å². The summed E-state index contributed by atoms with van der Waals surface area (Å²) < 4.78 is 127. The highest BCUT2D eigenvalue weighted by Gasteiger charge is 2.60. The molecule has 3 aliphatic heterocycles. The second-order valence-corrected chi connectivity index (χ2v) is 10.0. The summed E-state index contributed by atoms with van der Waals surface area (Å²) in [5, 5.41) is 0. The maximum atomic E-state index is 13.9. The smallest absolute Gasteiger partial charge is 0.426 e. The Balaban J connectivity index is 1.44. The molecular weight excluding hydrogens is 549 g/mol. The lowest BCUT2D eigenvalue weighted by molar-refractivity contribution is -0.308. The number of piperidine rings is 1. The van der Waals surface area contributed by atoms with Gasteiger partial charge in [-0.25, -0.2) is 4.79 Å². The summed E-state index contributed by atoms with van der Waals surface area (Å²) in [6.07, 6.45) is -20.3. The molecule has 39 heavy (non-hydrogen) atoms. The lowest BCUT2D eigenvalue weighted by atomic mass is 9.84. The van der Waals surface area contributed by atoms with Gasteiger partial charge in [0.2, 0.25) is 0 Å². The molecule has 3 fully saturated rings. The highest BCUT2D eigenvalue weighted by atomic mass is 19.4. The molecule has 0 saturated carbocycles. The third kappa shape index (κ3) is 6.67. The van der Waals surface area contributed by atoms with E-state index in [1.807, 2.05) is 4.90 Å². The normalized spacial score (nSPS) is 21.2. The van der Waals surface area contributed by atoms with E-state index in [4.69, 9.17) is 4.74 Å². The van der Waals surface area contributed by atoms with Crippen LogP contribution in [0.25, 0.3) is 0 Å². The van der Waals surface area contributed by atoms with Crippen LogP contribution in [0.4, 0.5) is 50.0 Å². The van der Waals surface area contributed by atoms with Gasteiger partial charge >= 0.3 is 24.6 Å². The zero-order chi connectivity index (χ0) is 28.6. The second-order valence-electron chi connectivity index (χ2n) is 10.0. The van der Waals surface area contributed by atoms with Crippen LogP contribution in [0.15, 0.2) is 18.2 Å². The summed E-state index contributed by atoms with van der Waals surface area (Å²) in [7, 11) is 0. The second kappa shape index (κ2) is 10.9. The molecule has 15 heteroatoms. The number of morpholine rings is 1. The van der Waals surface area contributed by atoms with E-state index >= 15 is 0 Å². The minimum Gasteiger partial charge on any atom is -0.426 e. The largest absolute Gasteiger partial charge is 0.434 e. The quantitative estimate of drug-likeness (QED) is 0.436. The summed E-state index contributed by atoms with van der Waals surface area (Å²) in [6.45, 7) is 1.79. The van der Waals surface area contributed by atoms with Gasteiger partial charge in [-0.15, -0.1) is 0 Å². The van der Waals surface area contributed by atoms with Crippen LogP contribution in [0.3, 0.4) is 0 Å². The van der Waals surface area contributed by atoms with Crippen LogP contribution in [0, 0.1) is 0 Å². The van der Waals surface area contributed by atoms with Gasteiger partial charge in [0, 0.05) is 44.0 Å². The number of hydrogen-bond donors (Lipinski definition) is 0.